The second kappa shape index (κ2) is 6.79. The molecule has 0 aliphatic carbocycles. The highest BCUT2D eigenvalue weighted by molar-refractivity contribution is 5.80. The quantitative estimate of drug-likeness (QED) is 0.884. The van der Waals surface area contributed by atoms with Gasteiger partial charge in [-0.2, -0.15) is 0 Å². The van der Waals surface area contributed by atoms with Gasteiger partial charge in [0, 0.05) is 12.7 Å². The third-order valence-corrected chi connectivity index (χ3v) is 3.27. The number of para-hydroxylation sites is 1. The van der Waals surface area contributed by atoms with Crippen LogP contribution in [0.2, 0.25) is 0 Å². The summed E-state index contributed by atoms with van der Waals surface area (Å²) in [5.74, 6) is -0.210. The van der Waals surface area contributed by atoms with E-state index in [4.69, 9.17) is 4.74 Å². The zero-order valence-electron chi connectivity index (χ0n) is 12.2. The maximum absolute atomic E-state index is 11.7. The van der Waals surface area contributed by atoms with E-state index < -0.39 is 12.0 Å². The van der Waals surface area contributed by atoms with E-state index in [1.807, 2.05) is 49.4 Å². The van der Waals surface area contributed by atoms with Crippen LogP contribution in [0.25, 0.3) is 0 Å². The Bertz CT molecular complexity index is 598. The molecular formula is C17H19NO3. The summed E-state index contributed by atoms with van der Waals surface area (Å²) in [6.45, 7) is 2.45. The van der Waals surface area contributed by atoms with Gasteiger partial charge in [-0.05, 0) is 36.8 Å². The van der Waals surface area contributed by atoms with Gasteiger partial charge in [-0.1, -0.05) is 30.3 Å². The number of nitrogens with zero attached hydrogens (tertiary/aromatic N) is 1. The number of aliphatic carboxylic acids is 1. The molecule has 0 bridgehead atoms. The van der Waals surface area contributed by atoms with Crippen molar-refractivity contribution in [2.45, 2.75) is 13.0 Å². The lowest BCUT2D eigenvalue weighted by Crippen LogP contribution is -2.30. The Morgan fingerprint density at radius 2 is 1.90 bits per heavy atom. The van der Waals surface area contributed by atoms with E-state index in [0.717, 1.165) is 5.69 Å². The van der Waals surface area contributed by atoms with Gasteiger partial charge in [0.25, 0.3) is 0 Å². The maximum Gasteiger partial charge on any atom is 0.331 e. The van der Waals surface area contributed by atoms with Crippen molar-refractivity contribution in [1.29, 1.82) is 0 Å². The van der Waals surface area contributed by atoms with Gasteiger partial charge < -0.3 is 14.7 Å². The summed E-state index contributed by atoms with van der Waals surface area (Å²) in [6.07, 6.45) is 0. The molecule has 4 nitrogen and oxygen atoms in total. The van der Waals surface area contributed by atoms with Crippen molar-refractivity contribution >= 4 is 11.7 Å². The van der Waals surface area contributed by atoms with Crippen molar-refractivity contribution in [3.05, 3.63) is 60.2 Å². The fourth-order valence-corrected chi connectivity index (χ4v) is 2.29. The zero-order valence-corrected chi connectivity index (χ0v) is 12.2. The lowest BCUT2D eigenvalue weighted by Gasteiger charge is -2.27. The molecular weight excluding hydrogens is 266 g/mol. The van der Waals surface area contributed by atoms with Crippen molar-refractivity contribution < 1.29 is 14.6 Å². The Morgan fingerprint density at radius 1 is 1.19 bits per heavy atom. The lowest BCUT2D eigenvalue weighted by atomic mass is 10.0. The number of benzene rings is 2. The summed E-state index contributed by atoms with van der Waals surface area (Å²) in [6, 6.07) is 15.9. The predicted octanol–water partition coefficient (Wildman–Crippen LogP) is 3.35. The third-order valence-electron chi connectivity index (χ3n) is 3.27. The van der Waals surface area contributed by atoms with Crippen LogP contribution in [0, 0.1) is 0 Å². The average molecular weight is 285 g/mol. The van der Waals surface area contributed by atoms with Crippen LogP contribution >= 0.6 is 0 Å². The standard InChI is InChI=1S/C17H19NO3/c1-3-21-15-11-7-8-13(12-15)16(17(19)20)18(2)14-9-5-4-6-10-14/h4-12,16H,3H2,1-2H3,(H,19,20). The summed E-state index contributed by atoms with van der Waals surface area (Å²) < 4.78 is 5.45. The summed E-state index contributed by atoms with van der Waals surface area (Å²) in [5, 5.41) is 9.60. The third kappa shape index (κ3) is 3.54. The molecule has 0 aromatic heterocycles. The first kappa shape index (κ1) is 14.9. The summed E-state index contributed by atoms with van der Waals surface area (Å²) in [5.41, 5.74) is 1.55. The minimum Gasteiger partial charge on any atom is -0.494 e. The lowest BCUT2D eigenvalue weighted by molar-refractivity contribution is -0.138. The van der Waals surface area contributed by atoms with Gasteiger partial charge in [-0.15, -0.1) is 0 Å². The van der Waals surface area contributed by atoms with Crippen molar-refractivity contribution in [2.75, 3.05) is 18.6 Å². The Balaban J connectivity index is 2.35. The van der Waals surface area contributed by atoms with E-state index in [0.29, 0.717) is 17.9 Å². The van der Waals surface area contributed by atoms with E-state index in [9.17, 15) is 9.90 Å². The number of carboxylic acids is 1. The normalized spacial score (nSPS) is 11.7. The van der Waals surface area contributed by atoms with Crippen LogP contribution in [0.3, 0.4) is 0 Å². The number of likely N-dealkylation sites (N-methyl/N-ethyl adjacent to an activating group) is 1. The molecule has 0 aliphatic rings. The minimum atomic E-state index is -0.894. The number of carbonyl (C=O) groups is 1. The summed E-state index contributed by atoms with van der Waals surface area (Å²) >= 11 is 0. The Labute approximate surface area is 124 Å². The van der Waals surface area contributed by atoms with Crippen LogP contribution in [0.5, 0.6) is 5.75 Å². The molecule has 1 atom stereocenters. The molecule has 0 aliphatic heterocycles. The number of hydrogen-bond acceptors (Lipinski definition) is 3. The fourth-order valence-electron chi connectivity index (χ4n) is 2.29. The topological polar surface area (TPSA) is 49.8 Å². The molecule has 2 aromatic carbocycles. The molecule has 4 heteroatoms. The molecule has 1 unspecified atom stereocenters. The van der Waals surface area contributed by atoms with Crippen LogP contribution in [-0.2, 0) is 4.79 Å². The molecule has 0 heterocycles. The molecule has 21 heavy (non-hydrogen) atoms. The van der Waals surface area contributed by atoms with Gasteiger partial charge in [-0.3, -0.25) is 0 Å². The van der Waals surface area contributed by atoms with Gasteiger partial charge >= 0.3 is 5.97 Å². The first-order valence-electron chi connectivity index (χ1n) is 6.87. The summed E-state index contributed by atoms with van der Waals surface area (Å²) in [7, 11) is 1.78. The Hall–Kier alpha value is -2.49. The van der Waals surface area contributed by atoms with E-state index in [2.05, 4.69) is 0 Å². The van der Waals surface area contributed by atoms with Gasteiger partial charge in [0.2, 0.25) is 0 Å². The van der Waals surface area contributed by atoms with Gasteiger partial charge in [0.05, 0.1) is 6.61 Å². The fraction of sp³-hybridized carbons (Fsp3) is 0.235. The zero-order chi connectivity index (χ0) is 15.2. The van der Waals surface area contributed by atoms with E-state index in [-0.39, 0.29) is 0 Å². The largest absolute Gasteiger partial charge is 0.494 e. The monoisotopic (exact) mass is 285 g/mol. The van der Waals surface area contributed by atoms with Crippen LogP contribution in [-0.4, -0.2) is 24.7 Å². The Kier molecular flexibility index (Phi) is 4.82. The SMILES string of the molecule is CCOc1cccc(C(C(=O)O)N(C)c2ccccc2)c1. The van der Waals surface area contributed by atoms with Crippen LogP contribution in [0.1, 0.15) is 18.5 Å². The smallest absolute Gasteiger partial charge is 0.331 e. The number of ether oxygens (including phenoxy) is 1. The molecule has 1 N–H and O–H groups in total. The molecule has 110 valence electrons. The van der Waals surface area contributed by atoms with Gasteiger partial charge in [0.1, 0.15) is 5.75 Å². The van der Waals surface area contributed by atoms with Gasteiger partial charge in [0.15, 0.2) is 6.04 Å². The summed E-state index contributed by atoms with van der Waals surface area (Å²) in [4.78, 5) is 13.4. The first-order valence-corrected chi connectivity index (χ1v) is 6.87. The molecule has 0 saturated carbocycles. The van der Waals surface area contributed by atoms with Crippen molar-refractivity contribution in [3.63, 3.8) is 0 Å². The van der Waals surface area contributed by atoms with Crippen LogP contribution in [0.15, 0.2) is 54.6 Å². The van der Waals surface area contributed by atoms with Crippen molar-refractivity contribution in [2.24, 2.45) is 0 Å². The van der Waals surface area contributed by atoms with Crippen molar-refractivity contribution in [1.82, 2.24) is 0 Å². The number of carboxylic acid groups (broad SMARTS) is 1. The second-order valence-electron chi connectivity index (χ2n) is 4.69. The van der Waals surface area contributed by atoms with E-state index in [1.165, 1.54) is 0 Å². The number of hydrogen-bond donors (Lipinski definition) is 1. The van der Waals surface area contributed by atoms with E-state index >= 15 is 0 Å². The molecule has 0 saturated heterocycles. The molecule has 0 spiro atoms. The van der Waals surface area contributed by atoms with Crippen LogP contribution in [0.4, 0.5) is 5.69 Å². The second-order valence-corrected chi connectivity index (χ2v) is 4.69. The highest BCUT2D eigenvalue weighted by Gasteiger charge is 2.25. The number of rotatable bonds is 6. The molecule has 0 fully saturated rings. The number of anilines is 1. The maximum atomic E-state index is 11.7. The van der Waals surface area contributed by atoms with Crippen LogP contribution < -0.4 is 9.64 Å². The molecule has 0 radical (unpaired) electrons. The van der Waals surface area contributed by atoms with Crippen molar-refractivity contribution in [3.8, 4) is 5.75 Å². The van der Waals surface area contributed by atoms with E-state index in [1.54, 1.807) is 24.1 Å². The predicted molar refractivity (Wildman–Crippen MR) is 82.8 cm³/mol. The highest BCUT2D eigenvalue weighted by Crippen LogP contribution is 2.28. The van der Waals surface area contributed by atoms with Gasteiger partial charge in [-0.25, -0.2) is 4.79 Å². The molecule has 2 rings (SSSR count). The molecule has 0 amide bonds. The molecule has 2 aromatic rings. The Morgan fingerprint density at radius 3 is 2.52 bits per heavy atom. The highest BCUT2D eigenvalue weighted by atomic mass is 16.5. The minimum absolute atomic E-state index is 0.551. The average Bonchev–Trinajstić information content (AvgIpc) is 2.48. The first-order chi connectivity index (χ1) is 10.1.